The first-order chi connectivity index (χ1) is 11.5. The fraction of sp³-hybridized carbons (Fsp3) is 0.474. The van der Waals surface area contributed by atoms with Crippen molar-refractivity contribution in [2.75, 3.05) is 6.61 Å². The molecule has 0 aliphatic carbocycles. The van der Waals surface area contributed by atoms with E-state index in [0.717, 1.165) is 4.90 Å². The van der Waals surface area contributed by atoms with Gasteiger partial charge in [0.1, 0.15) is 0 Å². The molecule has 1 rings (SSSR count). The number of ether oxygens (including phenoxy) is 1. The van der Waals surface area contributed by atoms with Crippen molar-refractivity contribution in [3.05, 3.63) is 43.0 Å². The van der Waals surface area contributed by atoms with Crippen molar-refractivity contribution in [3.8, 4) is 0 Å². The van der Waals surface area contributed by atoms with Gasteiger partial charge < -0.3 is 10.1 Å². The zero-order chi connectivity index (χ0) is 17.9. The smallest absolute Gasteiger partial charge is 0.407 e. The topological polar surface area (TPSA) is 55.4 Å². The fourth-order valence-corrected chi connectivity index (χ4v) is 3.45. The Morgan fingerprint density at radius 1 is 1.29 bits per heavy atom. The molecule has 2 atom stereocenters. The highest BCUT2D eigenvalue weighted by atomic mass is 32.2. The normalized spacial score (nSPS) is 13.2. The molecule has 1 aromatic rings. The van der Waals surface area contributed by atoms with E-state index < -0.39 is 12.1 Å². The largest absolute Gasteiger partial charge is 0.450 e. The quantitative estimate of drug-likeness (QED) is 0.501. The van der Waals surface area contributed by atoms with Crippen LogP contribution in [0.4, 0.5) is 4.79 Å². The maximum absolute atomic E-state index is 13.0. The third kappa shape index (κ3) is 7.21. The lowest BCUT2D eigenvalue weighted by molar-refractivity contribution is -0.120. The number of rotatable bonds is 10. The van der Waals surface area contributed by atoms with Crippen LogP contribution in [0.3, 0.4) is 0 Å². The second-order valence-electron chi connectivity index (χ2n) is 5.89. The van der Waals surface area contributed by atoms with E-state index in [1.165, 1.54) is 11.8 Å². The summed E-state index contributed by atoms with van der Waals surface area (Å²) in [6.07, 6.45) is 2.34. The molecule has 1 N–H and O–H groups in total. The Labute approximate surface area is 149 Å². The number of alkyl carbamates (subject to hydrolysis) is 1. The van der Waals surface area contributed by atoms with Gasteiger partial charge >= 0.3 is 6.09 Å². The zero-order valence-corrected chi connectivity index (χ0v) is 15.5. The maximum atomic E-state index is 13.0. The second kappa shape index (κ2) is 10.9. The van der Waals surface area contributed by atoms with Gasteiger partial charge in [-0.15, -0.1) is 18.3 Å². The third-order valence-corrected chi connectivity index (χ3v) is 4.59. The Bertz CT molecular complexity index is 531. The van der Waals surface area contributed by atoms with Crippen molar-refractivity contribution in [1.29, 1.82) is 0 Å². The zero-order valence-electron chi connectivity index (χ0n) is 14.7. The lowest BCUT2D eigenvalue weighted by Crippen LogP contribution is -2.45. The van der Waals surface area contributed by atoms with Gasteiger partial charge in [0.05, 0.1) is 17.9 Å². The van der Waals surface area contributed by atoms with Gasteiger partial charge in [0.25, 0.3) is 0 Å². The van der Waals surface area contributed by atoms with E-state index in [1.54, 1.807) is 13.0 Å². The predicted octanol–water partition coefficient (Wildman–Crippen LogP) is 4.45. The molecular formula is C19H27NO3S. The Morgan fingerprint density at radius 2 is 1.96 bits per heavy atom. The van der Waals surface area contributed by atoms with Gasteiger partial charge in [-0.2, -0.15) is 0 Å². The van der Waals surface area contributed by atoms with Gasteiger partial charge in [0.2, 0.25) is 0 Å². The van der Waals surface area contributed by atoms with Crippen LogP contribution in [0.5, 0.6) is 0 Å². The van der Waals surface area contributed by atoms with Crippen molar-refractivity contribution in [3.63, 3.8) is 0 Å². The monoisotopic (exact) mass is 349 g/mol. The third-order valence-electron chi connectivity index (χ3n) is 3.34. The van der Waals surface area contributed by atoms with Gasteiger partial charge in [-0.3, -0.25) is 4.79 Å². The summed E-state index contributed by atoms with van der Waals surface area (Å²) in [4.78, 5) is 25.8. The number of thioether (sulfide) groups is 1. The molecule has 0 saturated heterocycles. The van der Waals surface area contributed by atoms with Crippen molar-refractivity contribution in [2.45, 2.75) is 49.8 Å². The number of nitrogens with one attached hydrogen (secondary N) is 1. The first kappa shape index (κ1) is 20.3. The van der Waals surface area contributed by atoms with Crippen molar-refractivity contribution < 1.29 is 14.3 Å². The van der Waals surface area contributed by atoms with E-state index in [2.05, 4.69) is 11.9 Å². The van der Waals surface area contributed by atoms with Crippen molar-refractivity contribution in [2.24, 2.45) is 5.92 Å². The van der Waals surface area contributed by atoms with E-state index in [-0.39, 0.29) is 23.6 Å². The Hall–Kier alpha value is -1.75. The number of Topliss-reactive ketones (excluding diaryl/α,β-unsaturated/α-hetero) is 1. The standard InChI is InChI=1S/C19H27NO3S/c1-5-10-17(24-15-11-8-7-9-12-15)18(21)16(13-14(3)4)20-19(22)23-6-2/h5,7-9,11-12,14,16-17H,1,6,10,13H2,2-4H3,(H,20,22)/t16-,17?/m0/s1. The molecular weight excluding hydrogens is 322 g/mol. The van der Waals surface area contributed by atoms with E-state index in [9.17, 15) is 9.59 Å². The number of amides is 1. The van der Waals surface area contributed by atoms with E-state index in [1.807, 2.05) is 44.2 Å². The summed E-state index contributed by atoms with van der Waals surface area (Å²) in [5.41, 5.74) is 0. The van der Waals surface area contributed by atoms with Crippen LogP contribution >= 0.6 is 11.8 Å². The van der Waals surface area contributed by atoms with Crippen LogP contribution in [0.2, 0.25) is 0 Å². The Balaban J connectivity index is 2.88. The first-order valence-corrected chi connectivity index (χ1v) is 9.15. The van der Waals surface area contributed by atoms with Crippen LogP contribution in [0.1, 0.15) is 33.6 Å². The summed E-state index contributed by atoms with van der Waals surface area (Å²) in [5, 5.41) is 2.43. The SMILES string of the molecule is C=CCC(Sc1ccccc1)C(=O)[C@H](CC(C)C)NC(=O)OCC. The molecule has 0 aliphatic heterocycles. The molecule has 0 radical (unpaired) electrons. The molecule has 4 nitrogen and oxygen atoms in total. The van der Waals surface area contributed by atoms with Crippen molar-refractivity contribution in [1.82, 2.24) is 5.32 Å². The molecule has 1 amide bonds. The average Bonchev–Trinajstić information content (AvgIpc) is 2.54. The van der Waals surface area contributed by atoms with Gasteiger partial charge in [-0.25, -0.2) is 4.79 Å². The van der Waals surface area contributed by atoms with E-state index in [4.69, 9.17) is 4.74 Å². The van der Waals surface area contributed by atoms with E-state index >= 15 is 0 Å². The molecule has 0 heterocycles. The molecule has 1 aromatic carbocycles. The summed E-state index contributed by atoms with van der Waals surface area (Å²) in [6, 6.07) is 9.23. The minimum absolute atomic E-state index is 0.00510. The fourth-order valence-electron chi connectivity index (χ4n) is 2.29. The molecule has 24 heavy (non-hydrogen) atoms. The van der Waals surface area contributed by atoms with Gasteiger partial charge in [-0.1, -0.05) is 38.1 Å². The van der Waals surface area contributed by atoms with Crippen LogP contribution in [0, 0.1) is 5.92 Å². The molecule has 0 spiro atoms. The van der Waals surface area contributed by atoms with Crippen LogP contribution in [-0.4, -0.2) is 29.8 Å². The average molecular weight is 349 g/mol. The van der Waals surface area contributed by atoms with Crippen LogP contribution in [0.25, 0.3) is 0 Å². The molecule has 5 heteroatoms. The lowest BCUT2D eigenvalue weighted by Gasteiger charge is -2.23. The number of carbonyl (C=O) groups is 2. The Kier molecular flexibility index (Phi) is 9.23. The van der Waals surface area contributed by atoms with Crippen molar-refractivity contribution >= 4 is 23.6 Å². The minimum atomic E-state index is -0.551. The number of hydrogen-bond donors (Lipinski definition) is 1. The molecule has 0 aromatic heterocycles. The highest BCUT2D eigenvalue weighted by Gasteiger charge is 2.29. The van der Waals surface area contributed by atoms with Crippen LogP contribution in [-0.2, 0) is 9.53 Å². The van der Waals surface area contributed by atoms with Crippen LogP contribution in [0.15, 0.2) is 47.9 Å². The number of hydrogen-bond acceptors (Lipinski definition) is 4. The number of carbonyl (C=O) groups excluding carboxylic acids is 2. The van der Waals surface area contributed by atoms with Crippen LogP contribution < -0.4 is 5.32 Å². The van der Waals surface area contributed by atoms with Gasteiger partial charge in [0, 0.05) is 4.90 Å². The van der Waals surface area contributed by atoms with E-state index in [0.29, 0.717) is 12.8 Å². The molecule has 0 fully saturated rings. The molecule has 132 valence electrons. The van der Waals surface area contributed by atoms with Gasteiger partial charge in [0.15, 0.2) is 5.78 Å². The molecule has 0 saturated carbocycles. The maximum Gasteiger partial charge on any atom is 0.407 e. The minimum Gasteiger partial charge on any atom is -0.450 e. The summed E-state index contributed by atoms with van der Waals surface area (Å²) >= 11 is 1.50. The molecule has 0 aliphatic rings. The number of benzene rings is 1. The number of ketones is 1. The van der Waals surface area contributed by atoms with Gasteiger partial charge in [-0.05, 0) is 37.8 Å². The summed E-state index contributed by atoms with van der Waals surface area (Å²) in [6.45, 7) is 9.83. The summed E-state index contributed by atoms with van der Waals surface area (Å²) < 4.78 is 4.93. The summed E-state index contributed by atoms with van der Waals surface area (Å²) in [7, 11) is 0. The highest BCUT2D eigenvalue weighted by Crippen LogP contribution is 2.28. The second-order valence-corrected chi connectivity index (χ2v) is 7.17. The Morgan fingerprint density at radius 3 is 2.50 bits per heavy atom. The highest BCUT2D eigenvalue weighted by molar-refractivity contribution is 8.00. The first-order valence-electron chi connectivity index (χ1n) is 8.27. The summed E-state index contributed by atoms with van der Waals surface area (Å²) in [5.74, 6) is 0.289. The predicted molar refractivity (Wildman–Crippen MR) is 99.3 cm³/mol. The molecule has 1 unspecified atom stereocenters. The molecule has 0 bridgehead atoms. The number of allylic oxidation sites excluding steroid dienone is 1. The lowest BCUT2D eigenvalue weighted by atomic mass is 9.97.